The summed E-state index contributed by atoms with van der Waals surface area (Å²) in [6.07, 6.45) is 1.80. The number of likely N-dealkylation sites (N-methyl/N-ethyl adjacent to an activating group) is 1. The number of rotatable bonds is 8. The molecule has 0 radical (unpaired) electrons. The van der Waals surface area contributed by atoms with E-state index in [1.807, 2.05) is 31.1 Å². The molecule has 0 bridgehead atoms. The van der Waals surface area contributed by atoms with Crippen LogP contribution in [0, 0.1) is 0 Å². The summed E-state index contributed by atoms with van der Waals surface area (Å²) in [5.41, 5.74) is 5.50. The highest BCUT2D eigenvalue weighted by atomic mass is 16.5. The molecule has 0 aromatic heterocycles. The van der Waals surface area contributed by atoms with E-state index in [0.717, 1.165) is 31.5 Å². The number of benzene rings is 1. The van der Waals surface area contributed by atoms with E-state index in [9.17, 15) is 9.90 Å². The lowest BCUT2D eigenvalue weighted by atomic mass is 9.92. The van der Waals surface area contributed by atoms with Crippen molar-refractivity contribution in [3.63, 3.8) is 0 Å². The van der Waals surface area contributed by atoms with Crippen LogP contribution in [0.25, 0.3) is 0 Å². The van der Waals surface area contributed by atoms with Crippen molar-refractivity contribution in [2.45, 2.75) is 25.0 Å². The smallest absolute Gasteiger partial charge is 0.255 e. The van der Waals surface area contributed by atoms with Crippen LogP contribution in [0.2, 0.25) is 0 Å². The normalized spacial score (nSPS) is 21.3. The number of primary amides is 1. The number of hydrogen-bond donors (Lipinski definition) is 2. The monoisotopic (exact) mass is 351 g/mol. The minimum Gasteiger partial charge on any atom is -0.493 e. The number of ether oxygens (including phenoxy) is 2. The molecular formula is C18H29N3O4. The quantitative estimate of drug-likeness (QED) is 0.707. The van der Waals surface area contributed by atoms with Gasteiger partial charge in [0.15, 0.2) is 18.1 Å². The molecule has 1 heterocycles. The number of methoxy groups -OCH3 is 1. The molecule has 7 nitrogen and oxygen atoms in total. The predicted octanol–water partition coefficient (Wildman–Crippen LogP) is 0.448. The summed E-state index contributed by atoms with van der Waals surface area (Å²) in [5, 5.41) is 10.8. The molecule has 1 aliphatic heterocycles. The highest BCUT2D eigenvalue weighted by molar-refractivity contribution is 5.75. The third kappa shape index (κ3) is 5.88. The van der Waals surface area contributed by atoms with Crippen molar-refractivity contribution < 1.29 is 19.4 Å². The Morgan fingerprint density at radius 1 is 1.40 bits per heavy atom. The molecule has 0 aliphatic carbocycles. The van der Waals surface area contributed by atoms with Gasteiger partial charge >= 0.3 is 0 Å². The Labute approximate surface area is 149 Å². The molecule has 0 saturated carbocycles. The van der Waals surface area contributed by atoms with Gasteiger partial charge in [0, 0.05) is 19.6 Å². The summed E-state index contributed by atoms with van der Waals surface area (Å²) in [4.78, 5) is 15.1. The summed E-state index contributed by atoms with van der Waals surface area (Å²) in [7, 11) is 5.52. The average molecular weight is 351 g/mol. The van der Waals surface area contributed by atoms with Crippen molar-refractivity contribution in [1.29, 1.82) is 0 Å². The fourth-order valence-corrected chi connectivity index (χ4v) is 3.40. The molecule has 140 valence electrons. The van der Waals surface area contributed by atoms with Gasteiger partial charge in [-0.15, -0.1) is 0 Å². The van der Waals surface area contributed by atoms with Gasteiger partial charge in [0.1, 0.15) is 0 Å². The van der Waals surface area contributed by atoms with E-state index >= 15 is 0 Å². The van der Waals surface area contributed by atoms with Crippen LogP contribution in [0.4, 0.5) is 0 Å². The van der Waals surface area contributed by atoms with Gasteiger partial charge in [0.05, 0.1) is 12.7 Å². The van der Waals surface area contributed by atoms with Gasteiger partial charge in [-0.2, -0.15) is 0 Å². The summed E-state index contributed by atoms with van der Waals surface area (Å²) < 4.78 is 10.7. The van der Waals surface area contributed by atoms with Crippen molar-refractivity contribution in [2.24, 2.45) is 5.73 Å². The van der Waals surface area contributed by atoms with Gasteiger partial charge in [-0.05, 0) is 51.2 Å². The molecule has 25 heavy (non-hydrogen) atoms. The van der Waals surface area contributed by atoms with Gasteiger partial charge in [0.25, 0.3) is 5.91 Å². The molecule has 3 N–H and O–H groups in total. The fraction of sp³-hybridized carbons (Fsp3) is 0.611. The first-order valence-corrected chi connectivity index (χ1v) is 8.49. The first-order valence-electron chi connectivity index (χ1n) is 8.49. The molecule has 1 aromatic carbocycles. The number of β-amino-alcohol motifs (C(OH)–C–C–N with tert-alkyl or cyclic N) is 1. The lowest BCUT2D eigenvalue weighted by molar-refractivity contribution is -0.119. The SMILES string of the molecule is COc1cc(CN2CCC[C@](O)(CN(C)C)C2)ccc1OCC(N)=O. The van der Waals surface area contributed by atoms with Gasteiger partial charge < -0.3 is 25.2 Å². The van der Waals surface area contributed by atoms with Crippen LogP contribution in [-0.2, 0) is 11.3 Å². The topological polar surface area (TPSA) is 88.3 Å². The third-order valence-corrected chi connectivity index (χ3v) is 4.25. The summed E-state index contributed by atoms with van der Waals surface area (Å²) in [6.45, 7) is 2.81. The van der Waals surface area contributed by atoms with Crippen molar-refractivity contribution >= 4 is 5.91 Å². The number of nitrogens with two attached hydrogens (primary N) is 1. The molecular weight excluding hydrogens is 322 g/mol. The second-order valence-electron chi connectivity index (χ2n) is 7.02. The van der Waals surface area contributed by atoms with Gasteiger partial charge in [-0.1, -0.05) is 6.07 Å². The zero-order valence-electron chi connectivity index (χ0n) is 15.3. The number of piperidine rings is 1. The maximum Gasteiger partial charge on any atom is 0.255 e. The van der Waals surface area contributed by atoms with E-state index < -0.39 is 11.5 Å². The minimum atomic E-state index is -0.670. The number of aliphatic hydroxyl groups is 1. The molecule has 1 aliphatic rings. The molecule has 7 heteroatoms. The molecule has 0 spiro atoms. The molecule has 1 saturated heterocycles. The number of amides is 1. The van der Waals surface area contributed by atoms with Gasteiger partial charge in [-0.3, -0.25) is 9.69 Å². The maximum absolute atomic E-state index is 10.9. The second-order valence-corrected chi connectivity index (χ2v) is 7.02. The van der Waals surface area contributed by atoms with Crippen molar-refractivity contribution in [3.8, 4) is 11.5 Å². The Morgan fingerprint density at radius 3 is 2.80 bits per heavy atom. The van der Waals surface area contributed by atoms with E-state index in [2.05, 4.69) is 4.90 Å². The lowest BCUT2D eigenvalue weighted by Gasteiger charge is -2.40. The largest absolute Gasteiger partial charge is 0.493 e. The zero-order valence-corrected chi connectivity index (χ0v) is 15.3. The number of nitrogens with zero attached hydrogens (tertiary/aromatic N) is 2. The zero-order chi connectivity index (χ0) is 18.4. The van der Waals surface area contributed by atoms with Crippen LogP contribution >= 0.6 is 0 Å². The van der Waals surface area contributed by atoms with Crippen LogP contribution in [0.1, 0.15) is 18.4 Å². The number of likely N-dealkylation sites (tertiary alicyclic amines) is 1. The van der Waals surface area contributed by atoms with Crippen LogP contribution in [-0.4, -0.2) is 73.9 Å². The van der Waals surface area contributed by atoms with Gasteiger partial charge in [0.2, 0.25) is 0 Å². The number of hydrogen-bond acceptors (Lipinski definition) is 6. The molecule has 1 aromatic rings. The Hall–Kier alpha value is -1.83. The minimum absolute atomic E-state index is 0.181. The van der Waals surface area contributed by atoms with Crippen LogP contribution in [0.15, 0.2) is 18.2 Å². The molecule has 2 rings (SSSR count). The Bertz CT molecular complexity index is 594. The maximum atomic E-state index is 10.9. The molecule has 1 fully saturated rings. The van der Waals surface area contributed by atoms with E-state index in [1.165, 1.54) is 0 Å². The highest BCUT2D eigenvalue weighted by Gasteiger charge is 2.33. The standard InChI is InChI=1S/C18H29N3O4/c1-20(2)12-18(23)7-4-8-21(13-18)10-14-5-6-15(16(9-14)24-3)25-11-17(19)22/h5-6,9,23H,4,7-8,10-13H2,1-3H3,(H2,19,22)/t18-/m0/s1. The van der Waals surface area contributed by atoms with E-state index in [4.69, 9.17) is 15.2 Å². The van der Waals surface area contributed by atoms with Crippen LogP contribution in [0.3, 0.4) is 0 Å². The van der Waals surface area contributed by atoms with Crippen LogP contribution in [0.5, 0.6) is 11.5 Å². The van der Waals surface area contributed by atoms with Gasteiger partial charge in [-0.25, -0.2) is 0 Å². The van der Waals surface area contributed by atoms with Crippen LogP contribution < -0.4 is 15.2 Å². The van der Waals surface area contributed by atoms with Crippen molar-refractivity contribution in [2.75, 3.05) is 47.4 Å². The molecule has 0 unspecified atom stereocenters. The average Bonchev–Trinajstić information content (AvgIpc) is 2.52. The first-order chi connectivity index (χ1) is 11.8. The Balaban J connectivity index is 2.03. The Kier molecular flexibility index (Phi) is 6.64. The predicted molar refractivity (Wildman–Crippen MR) is 95.7 cm³/mol. The number of carbonyl (C=O) groups excluding carboxylic acids is 1. The second kappa shape index (κ2) is 8.51. The summed E-state index contributed by atoms with van der Waals surface area (Å²) in [5.74, 6) is 0.534. The highest BCUT2D eigenvalue weighted by Crippen LogP contribution is 2.30. The third-order valence-electron chi connectivity index (χ3n) is 4.25. The lowest BCUT2D eigenvalue weighted by Crippen LogP contribution is -2.52. The molecule has 1 amide bonds. The first kappa shape index (κ1) is 19.5. The molecule has 1 atom stereocenters. The Morgan fingerprint density at radius 2 is 2.16 bits per heavy atom. The number of carbonyl (C=O) groups is 1. The van der Waals surface area contributed by atoms with E-state index in [1.54, 1.807) is 13.2 Å². The van der Waals surface area contributed by atoms with Crippen molar-refractivity contribution in [3.05, 3.63) is 23.8 Å². The van der Waals surface area contributed by atoms with E-state index in [-0.39, 0.29) is 6.61 Å². The summed E-state index contributed by atoms with van der Waals surface area (Å²) in [6, 6.07) is 5.63. The fourth-order valence-electron chi connectivity index (χ4n) is 3.40. The summed E-state index contributed by atoms with van der Waals surface area (Å²) >= 11 is 0. The van der Waals surface area contributed by atoms with E-state index in [0.29, 0.717) is 24.6 Å². The van der Waals surface area contributed by atoms with Crippen molar-refractivity contribution in [1.82, 2.24) is 9.80 Å².